The maximum Gasteiger partial charge on any atom is 0.254 e. The molecule has 0 radical (unpaired) electrons. The van der Waals surface area contributed by atoms with Crippen LogP contribution in [-0.2, 0) is 0 Å². The topological polar surface area (TPSA) is 33.2 Å². The molecule has 100 valence electrons. The van der Waals surface area contributed by atoms with Crippen molar-refractivity contribution in [2.24, 2.45) is 0 Å². The Labute approximate surface area is 122 Å². The second-order valence-corrected chi connectivity index (χ2v) is 5.60. The van der Waals surface area contributed by atoms with E-state index in [1.165, 1.54) is 0 Å². The van der Waals surface area contributed by atoms with Crippen LogP contribution in [0, 0.1) is 0 Å². The summed E-state index contributed by atoms with van der Waals surface area (Å²) in [5.74, 6) is 0.897. The van der Waals surface area contributed by atoms with Gasteiger partial charge in [0.25, 0.3) is 5.91 Å². The highest BCUT2D eigenvalue weighted by atomic mass is 35.5. The second kappa shape index (κ2) is 6.26. The summed E-state index contributed by atoms with van der Waals surface area (Å²) in [4.78, 5) is 18.4. The molecule has 1 aromatic heterocycles. The molecular formula is C14H15ClN2OS. The third-order valence-electron chi connectivity index (χ3n) is 2.89. The number of carbonyl (C=O) groups excluding carboxylic acids is 1. The molecule has 1 amide bonds. The molecule has 1 heterocycles. The standard InChI is InChI=1S/C14H15ClN2OS/c1-17(7-8-19-2)14(18)11-9-13(15)16-12-6-4-3-5-10(11)12/h3-6,9H,7-8H2,1-2H3. The van der Waals surface area contributed by atoms with Crippen molar-refractivity contribution in [1.82, 2.24) is 9.88 Å². The average molecular weight is 295 g/mol. The number of hydrogen-bond donors (Lipinski definition) is 0. The van der Waals surface area contributed by atoms with Gasteiger partial charge in [-0.15, -0.1) is 0 Å². The van der Waals surface area contributed by atoms with E-state index in [9.17, 15) is 4.79 Å². The Kier molecular flexibility index (Phi) is 4.66. The lowest BCUT2D eigenvalue weighted by Crippen LogP contribution is -2.29. The molecule has 5 heteroatoms. The predicted octanol–water partition coefficient (Wildman–Crippen LogP) is 3.32. The van der Waals surface area contributed by atoms with Crippen LogP contribution < -0.4 is 0 Å². The van der Waals surface area contributed by atoms with Crippen molar-refractivity contribution in [2.45, 2.75) is 0 Å². The van der Waals surface area contributed by atoms with Crippen molar-refractivity contribution in [2.75, 3.05) is 25.6 Å². The van der Waals surface area contributed by atoms with Crippen molar-refractivity contribution in [1.29, 1.82) is 0 Å². The lowest BCUT2D eigenvalue weighted by atomic mass is 10.1. The molecule has 0 saturated carbocycles. The molecule has 19 heavy (non-hydrogen) atoms. The van der Waals surface area contributed by atoms with Crippen molar-refractivity contribution in [3.63, 3.8) is 0 Å². The van der Waals surface area contributed by atoms with Gasteiger partial charge in [0.05, 0.1) is 11.1 Å². The van der Waals surface area contributed by atoms with Crippen LogP contribution in [0.15, 0.2) is 30.3 Å². The number of halogens is 1. The highest BCUT2D eigenvalue weighted by Crippen LogP contribution is 2.21. The summed E-state index contributed by atoms with van der Waals surface area (Å²) in [6, 6.07) is 9.18. The largest absolute Gasteiger partial charge is 0.341 e. The molecule has 0 N–H and O–H groups in total. The van der Waals surface area contributed by atoms with Gasteiger partial charge in [0.2, 0.25) is 0 Å². The van der Waals surface area contributed by atoms with E-state index in [0.717, 1.165) is 16.7 Å². The third-order valence-corrected chi connectivity index (χ3v) is 3.68. The monoisotopic (exact) mass is 294 g/mol. The zero-order chi connectivity index (χ0) is 13.8. The number of amides is 1. The second-order valence-electron chi connectivity index (χ2n) is 4.23. The average Bonchev–Trinajstić information content (AvgIpc) is 2.42. The third kappa shape index (κ3) is 3.19. The van der Waals surface area contributed by atoms with E-state index in [1.54, 1.807) is 22.7 Å². The van der Waals surface area contributed by atoms with E-state index in [4.69, 9.17) is 11.6 Å². The van der Waals surface area contributed by atoms with Gasteiger partial charge in [-0.05, 0) is 18.4 Å². The summed E-state index contributed by atoms with van der Waals surface area (Å²) in [6.45, 7) is 0.717. The first-order chi connectivity index (χ1) is 9.13. The maximum absolute atomic E-state index is 12.4. The van der Waals surface area contributed by atoms with E-state index in [-0.39, 0.29) is 5.91 Å². The minimum atomic E-state index is -0.0189. The van der Waals surface area contributed by atoms with Gasteiger partial charge in [-0.2, -0.15) is 11.8 Å². The van der Waals surface area contributed by atoms with Crippen LogP contribution in [-0.4, -0.2) is 41.4 Å². The highest BCUT2D eigenvalue weighted by Gasteiger charge is 2.15. The molecule has 3 nitrogen and oxygen atoms in total. The Balaban J connectivity index is 2.41. The molecule has 0 aliphatic heterocycles. The van der Waals surface area contributed by atoms with Crippen LogP contribution in [0.25, 0.3) is 10.9 Å². The smallest absolute Gasteiger partial charge is 0.254 e. The van der Waals surface area contributed by atoms with Gasteiger partial charge in [0.15, 0.2) is 0 Å². The first-order valence-electron chi connectivity index (χ1n) is 5.93. The van der Waals surface area contributed by atoms with Gasteiger partial charge in [-0.1, -0.05) is 29.8 Å². The van der Waals surface area contributed by atoms with E-state index in [0.29, 0.717) is 17.3 Å². The van der Waals surface area contributed by atoms with E-state index in [1.807, 2.05) is 37.6 Å². The molecule has 0 bridgehead atoms. The SMILES string of the molecule is CSCCN(C)C(=O)c1cc(Cl)nc2ccccc12. The molecule has 0 unspecified atom stereocenters. The Bertz CT molecular complexity index is 603. The predicted molar refractivity (Wildman–Crippen MR) is 82.1 cm³/mol. The zero-order valence-electron chi connectivity index (χ0n) is 10.9. The first-order valence-corrected chi connectivity index (χ1v) is 7.70. The Morgan fingerprint density at radius 2 is 2.16 bits per heavy atom. The van der Waals surface area contributed by atoms with Crippen LogP contribution in [0.3, 0.4) is 0 Å². The number of thioether (sulfide) groups is 1. The molecular weight excluding hydrogens is 280 g/mol. The van der Waals surface area contributed by atoms with Gasteiger partial charge in [0.1, 0.15) is 5.15 Å². The van der Waals surface area contributed by atoms with E-state index >= 15 is 0 Å². The lowest BCUT2D eigenvalue weighted by Gasteiger charge is -2.17. The Morgan fingerprint density at radius 3 is 2.89 bits per heavy atom. The zero-order valence-corrected chi connectivity index (χ0v) is 12.5. The number of fused-ring (bicyclic) bond motifs is 1. The number of benzene rings is 1. The molecule has 0 atom stereocenters. The normalized spacial score (nSPS) is 10.7. The molecule has 2 aromatic rings. The summed E-state index contributed by atoms with van der Waals surface area (Å²) in [7, 11) is 1.81. The molecule has 0 aliphatic rings. The van der Waals surface area contributed by atoms with Gasteiger partial charge >= 0.3 is 0 Å². The fourth-order valence-corrected chi connectivity index (χ4v) is 2.51. The van der Waals surface area contributed by atoms with Crippen molar-refractivity contribution >= 4 is 40.2 Å². The van der Waals surface area contributed by atoms with E-state index in [2.05, 4.69) is 4.98 Å². The van der Waals surface area contributed by atoms with Gasteiger partial charge in [-0.3, -0.25) is 4.79 Å². The number of hydrogen-bond acceptors (Lipinski definition) is 3. The molecule has 1 aromatic carbocycles. The van der Waals surface area contributed by atoms with Crippen molar-refractivity contribution in [3.05, 3.63) is 41.0 Å². The van der Waals surface area contributed by atoms with Crippen LogP contribution in [0.2, 0.25) is 5.15 Å². The number of aromatic nitrogens is 1. The number of carbonyl (C=O) groups is 1. The summed E-state index contributed by atoms with van der Waals surface area (Å²) < 4.78 is 0. The maximum atomic E-state index is 12.4. The number of rotatable bonds is 4. The minimum Gasteiger partial charge on any atom is -0.341 e. The van der Waals surface area contributed by atoms with Crippen LogP contribution >= 0.6 is 23.4 Å². The van der Waals surface area contributed by atoms with Crippen LogP contribution in [0.4, 0.5) is 0 Å². The fraction of sp³-hybridized carbons (Fsp3) is 0.286. The molecule has 2 rings (SSSR count). The van der Waals surface area contributed by atoms with E-state index < -0.39 is 0 Å². The molecule has 0 fully saturated rings. The van der Waals surface area contributed by atoms with Crippen molar-refractivity contribution in [3.8, 4) is 0 Å². The Hall–Kier alpha value is -1.26. The number of nitrogens with zero attached hydrogens (tertiary/aromatic N) is 2. The number of pyridine rings is 1. The van der Waals surface area contributed by atoms with Gasteiger partial charge < -0.3 is 4.90 Å². The van der Waals surface area contributed by atoms with Crippen LogP contribution in [0.1, 0.15) is 10.4 Å². The Morgan fingerprint density at radius 1 is 1.42 bits per heavy atom. The summed E-state index contributed by atoms with van der Waals surface area (Å²) >= 11 is 7.71. The minimum absolute atomic E-state index is 0.0189. The van der Waals surface area contributed by atoms with Crippen molar-refractivity contribution < 1.29 is 4.79 Å². The summed E-state index contributed by atoms with van der Waals surface area (Å²) in [5.41, 5.74) is 1.36. The molecule has 0 aliphatic carbocycles. The first kappa shape index (κ1) is 14.2. The fourth-order valence-electron chi connectivity index (χ4n) is 1.86. The summed E-state index contributed by atoms with van der Waals surface area (Å²) in [5, 5.41) is 1.19. The number of para-hydroxylation sites is 1. The quantitative estimate of drug-likeness (QED) is 0.811. The van der Waals surface area contributed by atoms with Crippen LogP contribution in [0.5, 0.6) is 0 Å². The lowest BCUT2D eigenvalue weighted by molar-refractivity contribution is 0.0805. The summed E-state index contributed by atoms with van der Waals surface area (Å²) in [6.07, 6.45) is 2.02. The highest BCUT2D eigenvalue weighted by molar-refractivity contribution is 7.98. The molecule has 0 spiro atoms. The van der Waals surface area contributed by atoms with Gasteiger partial charge in [-0.25, -0.2) is 4.98 Å². The molecule has 0 saturated heterocycles. The van der Waals surface area contributed by atoms with Gasteiger partial charge in [0, 0.05) is 24.7 Å².